The van der Waals surface area contributed by atoms with Gasteiger partial charge in [0, 0.05) is 16.2 Å². The van der Waals surface area contributed by atoms with Gasteiger partial charge in [0.2, 0.25) is 0 Å². The van der Waals surface area contributed by atoms with E-state index in [0.29, 0.717) is 11.6 Å². The average Bonchev–Trinajstić information content (AvgIpc) is 2.40. The molecule has 21 heavy (non-hydrogen) atoms. The van der Waals surface area contributed by atoms with Crippen molar-refractivity contribution in [1.82, 2.24) is 4.57 Å². The average molecular weight is 360 g/mol. The van der Waals surface area contributed by atoms with Crippen molar-refractivity contribution in [2.45, 2.75) is 12.7 Å². The number of hydrogen-bond donors (Lipinski definition) is 0. The predicted molar refractivity (Wildman–Crippen MR) is 74.2 cm³/mol. The van der Waals surface area contributed by atoms with Gasteiger partial charge in [-0.25, -0.2) is 0 Å². The molecule has 0 aliphatic rings. The maximum Gasteiger partial charge on any atom is 0.421 e. The van der Waals surface area contributed by atoms with Crippen molar-refractivity contribution in [2.75, 3.05) is 0 Å². The molecule has 0 bridgehead atoms. The molecule has 0 saturated heterocycles. The summed E-state index contributed by atoms with van der Waals surface area (Å²) >= 11 is 3.21. The first-order valence-electron chi connectivity index (χ1n) is 5.84. The number of halogens is 4. The minimum absolute atomic E-state index is 0.322. The zero-order valence-corrected chi connectivity index (χ0v) is 12.1. The maximum absolute atomic E-state index is 12.6. The molecule has 0 aliphatic carbocycles. The number of aromatic nitrogens is 1. The molecule has 0 unspecified atom stereocenters. The molecule has 7 heteroatoms. The van der Waals surface area contributed by atoms with Crippen molar-refractivity contribution in [1.29, 1.82) is 0 Å². The highest BCUT2D eigenvalue weighted by atomic mass is 79.9. The summed E-state index contributed by atoms with van der Waals surface area (Å²) in [5.74, 6) is -0.441. The summed E-state index contributed by atoms with van der Waals surface area (Å²) in [6, 6.07) is 8.14. The number of Topliss-reactive ketones (excluding diaryl/α,β-unsaturated/α-hetero) is 1. The van der Waals surface area contributed by atoms with Crippen LogP contribution in [-0.4, -0.2) is 10.4 Å². The molecule has 110 valence electrons. The van der Waals surface area contributed by atoms with Gasteiger partial charge in [0.15, 0.2) is 5.78 Å². The van der Waals surface area contributed by atoms with E-state index < -0.39 is 29.6 Å². The first-order valence-corrected chi connectivity index (χ1v) is 6.64. The Hall–Kier alpha value is -1.89. The highest BCUT2D eigenvalue weighted by molar-refractivity contribution is 9.10. The van der Waals surface area contributed by atoms with Gasteiger partial charge in [-0.3, -0.25) is 9.59 Å². The number of benzene rings is 1. The van der Waals surface area contributed by atoms with Crippen LogP contribution in [0.15, 0.2) is 51.9 Å². The second kappa shape index (κ2) is 5.85. The monoisotopic (exact) mass is 359 g/mol. The number of carbonyl (C=O) groups excluding carboxylic acids is 1. The number of hydrogen-bond acceptors (Lipinski definition) is 2. The van der Waals surface area contributed by atoms with E-state index in [9.17, 15) is 22.8 Å². The van der Waals surface area contributed by atoms with E-state index in [-0.39, 0.29) is 0 Å². The number of rotatable bonds is 3. The Labute approximate surface area is 126 Å². The van der Waals surface area contributed by atoms with Gasteiger partial charge in [-0.15, -0.1) is 0 Å². The summed E-state index contributed by atoms with van der Waals surface area (Å²) < 4.78 is 39.4. The quantitative estimate of drug-likeness (QED) is 0.786. The highest BCUT2D eigenvalue weighted by Crippen LogP contribution is 2.26. The van der Waals surface area contributed by atoms with Crippen molar-refractivity contribution >= 4 is 21.7 Å². The Kier molecular flexibility index (Phi) is 4.32. The molecule has 0 radical (unpaired) electrons. The van der Waals surface area contributed by atoms with Gasteiger partial charge in [-0.05, 0) is 24.3 Å². The van der Waals surface area contributed by atoms with Crippen LogP contribution in [0.1, 0.15) is 15.9 Å². The fourth-order valence-electron chi connectivity index (χ4n) is 1.76. The minimum Gasteiger partial charge on any atom is -0.307 e. The van der Waals surface area contributed by atoms with Gasteiger partial charge in [0.25, 0.3) is 5.56 Å². The van der Waals surface area contributed by atoms with E-state index in [2.05, 4.69) is 15.9 Å². The molecule has 1 aromatic carbocycles. The number of pyridine rings is 1. The number of nitrogens with zero attached hydrogens (tertiary/aromatic N) is 1. The van der Waals surface area contributed by atoms with Crippen molar-refractivity contribution in [2.24, 2.45) is 0 Å². The predicted octanol–water partition coefficient (Wildman–Crippen LogP) is 3.51. The summed E-state index contributed by atoms with van der Waals surface area (Å²) in [6.07, 6.45) is -3.57. The lowest BCUT2D eigenvalue weighted by atomic mass is 10.1. The van der Waals surface area contributed by atoms with Crippen molar-refractivity contribution in [3.8, 4) is 0 Å². The van der Waals surface area contributed by atoms with E-state index in [1.54, 1.807) is 12.1 Å². The summed E-state index contributed by atoms with van der Waals surface area (Å²) in [5.41, 5.74) is -2.19. The second-order valence-electron chi connectivity index (χ2n) is 4.28. The molecule has 0 N–H and O–H groups in total. The molecule has 0 spiro atoms. The molecule has 0 aliphatic heterocycles. The van der Waals surface area contributed by atoms with Crippen LogP contribution in [0.3, 0.4) is 0 Å². The molecular formula is C14H9BrF3NO2. The molecule has 3 nitrogen and oxygen atoms in total. The van der Waals surface area contributed by atoms with Gasteiger partial charge in [0.05, 0.1) is 6.54 Å². The van der Waals surface area contributed by atoms with E-state index in [4.69, 9.17) is 0 Å². The van der Waals surface area contributed by atoms with Crippen LogP contribution in [-0.2, 0) is 12.7 Å². The molecule has 0 saturated carbocycles. The summed E-state index contributed by atoms with van der Waals surface area (Å²) in [6.45, 7) is -0.440. The van der Waals surface area contributed by atoms with E-state index in [1.807, 2.05) is 0 Å². The fraction of sp³-hybridized carbons (Fsp3) is 0.143. The van der Waals surface area contributed by atoms with Crippen molar-refractivity contribution in [3.63, 3.8) is 0 Å². The van der Waals surface area contributed by atoms with E-state index in [1.165, 1.54) is 12.1 Å². The second-order valence-corrected chi connectivity index (χ2v) is 5.20. The molecule has 0 amide bonds. The highest BCUT2D eigenvalue weighted by Gasteiger charge is 2.34. The van der Waals surface area contributed by atoms with Crippen LogP contribution >= 0.6 is 15.9 Å². The lowest BCUT2D eigenvalue weighted by Gasteiger charge is -2.09. The molecule has 2 aromatic rings. The fourth-order valence-corrected chi connectivity index (χ4v) is 2.02. The number of ketones is 1. The Morgan fingerprint density at radius 2 is 1.76 bits per heavy atom. The lowest BCUT2D eigenvalue weighted by molar-refractivity contribution is -0.138. The molecule has 0 atom stereocenters. The van der Waals surface area contributed by atoms with Gasteiger partial charge >= 0.3 is 6.18 Å². The van der Waals surface area contributed by atoms with Crippen LogP contribution in [0.5, 0.6) is 0 Å². The minimum atomic E-state index is -4.74. The SMILES string of the molecule is O=C(Cn1cccc(C(F)(F)F)c1=O)c1ccc(Br)cc1. The lowest BCUT2D eigenvalue weighted by Crippen LogP contribution is -2.30. The van der Waals surface area contributed by atoms with Crippen LogP contribution < -0.4 is 5.56 Å². The van der Waals surface area contributed by atoms with Gasteiger partial charge in [-0.2, -0.15) is 13.2 Å². The third kappa shape index (κ3) is 3.60. The zero-order valence-electron chi connectivity index (χ0n) is 10.5. The standard InChI is InChI=1S/C14H9BrF3NO2/c15-10-5-3-9(4-6-10)12(20)8-19-7-1-2-11(13(19)21)14(16,17)18/h1-7H,8H2. The third-order valence-electron chi connectivity index (χ3n) is 2.81. The summed E-state index contributed by atoms with van der Waals surface area (Å²) in [4.78, 5) is 23.7. The molecule has 0 fully saturated rings. The third-order valence-corrected chi connectivity index (χ3v) is 3.33. The topological polar surface area (TPSA) is 39.1 Å². The van der Waals surface area contributed by atoms with Gasteiger partial charge in [0.1, 0.15) is 5.56 Å². The molecule has 1 aromatic heterocycles. The van der Waals surface area contributed by atoms with Crippen molar-refractivity contribution in [3.05, 3.63) is 68.5 Å². The maximum atomic E-state index is 12.6. The first-order chi connectivity index (χ1) is 9.79. The Morgan fingerprint density at radius 1 is 1.14 bits per heavy atom. The summed E-state index contributed by atoms with van der Waals surface area (Å²) in [7, 11) is 0. The normalized spacial score (nSPS) is 11.4. The number of carbonyl (C=O) groups is 1. The summed E-state index contributed by atoms with van der Waals surface area (Å²) in [5, 5.41) is 0. The Bertz CT molecular complexity index is 720. The van der Waals surface area contributed by atoms with Gasteiger partial charge in [-0.1, -0.05) is 28.1 Å². The Morgan fingerprint density at radius 3 is 2.33 bits per heavy atom. The molecular weight excluding hydrogens is 351 g/mol. The number of alkyl halides is 3. The van der Waals surface area contributed by atoms with Gasteiger partial charge < -0.3 is 4.57 Å². The largest absolute Gasteiger partial charge is 0.421 e. The van der Waals surface area contributed by atoms with Crippen LogP contribution in [0, 0.1) is 0 Å². The molecule has 2 rings (SSSR count). The smallest absolute Gasteiger partial charge is 0.307 e. The molecule has 1 heterocycles. The Balaban J connectivity index is 2.30. The van der Waals surface area contributed by atoms with E-state index in [0.717, 1.165) is 21.3 Å². The van der Waals surface area contributed by atoms with Crippen molar-refractivity contribution < 1.29 is 18.0 Å². The zero-order chi connectivity index (χ0) is 15.6. The van der Waals surface area contributed by atoms with Crippen LogP contribution in [0.4, 0.5) is 13.2 Å². The van der Waals surface area contributed by atoms with Crippen LogP contribution in [0.2, 0.25) is 0 Å². The van der Waals surface area contributed by atoms with Crippen LogP contribution in [0.25, 0.3) is 0 Å². The first kappa shape index (κ1) is 15.5. The van der Waals surface area contributed by atoms with E-state index >= 15 is 0 Å².